The average molecular weight is 349 g/mol. The largest absolute Gasteiger partial charge is 0.460 e. The Morgan fingerprint density at radius 1 is 1.27 bits per heavy atom. The molecule has 0 unspecified atom stereocenters. The molecule has 0 saturated carbocycles. The number of carbonyl (C=O) groups excluding carboxylic acids is 1. The number of ether oxygens (including phenoxy) is 1. The smallest absolute Gasteiger partial charge is 0.389 e. The monoisotopic (exact) mass is 349 g/mol. The van der Waals surface area contributed by atoms with Gasteiger partial charge in [-0.1, -0.05) is 0 Å². The second-order valence-electron chi connectivity index (χ2n) is 5.54. The van der Waals surface area contributed by atoms with Crippen LogP contribution in [0.2, 0.25) is 0 Å². The SMILES string of the molecule is CCOP(=O)(OCC)c1nc(CCC(=O)OC(C)(C)C)cs1. The first-order chi connectivity index (χ1) is 10.2. The predicted molar refractivity (Wildman–Crippen MR) is 86.8 cm³/mol. The molecule has 1 rings (SSSR count). The van der Waals surface area contributed by atoms with Crippen molar-refractivity contribution in [1.82, 2.24) is 4.98 Å². The summed E-state index contributed by atoms with van der Waals surface area (Å²) in [5.41, 5.74) is 0.190. The number of nitrogens with zero attached hydrogens (tertiary/aromatic N) is 1. The number of esters is 1. The highest BCUT2D eigenvalue weighted by molar-refractivity contribution is 7.68. The van der Waals surface area contributed by atoms with Gasteiger partial charge in [0.15, 0.2) is 0 Å². The van der Waals surface area contributed by atoms with Crippen molar-refractivity contribution in [2.24, 2.45) is 0 Å². The molecule has 0 aliphatic rings. The van der Waals surface area contributed by atoms with E-state index in [0.29, 0.717) is 16.9 Å². The van der Waals surface area contributed by atoms with Crippen LogP contribution in [0.3, 0.4) is 0 Å². The molecular weight excluding hydrogens is 325 g/mol. The summed E-state index contributed by atoms with van der Waals surface area (Å²) >= 11 is 1.22. The van der Waals surface area contributed by atoms with E-state index in [9.17, 15) is 9.36 Å². The number of rotatable bonds is 8. The molecule has 6 nitrogen and oxygen atoms in total. The van der Waals surface area contributed by atoms with E-state index in [-0.39, 0.29) is 25.6 Å². The Balaban J connectivity index is 2.67. The van der Waals surface area contributed by atoms with Gasteiger partial charge in [-0.15, -0.1) is 11.3 Å². The third-order valence-corrected chi connectivity index (χ3v) is 5.82. The van der Waals surface area contributed by atoms with Gasteiger partial charge >= 0.3 is 13.6 Å². The Hall–Kier alpha value is -0.750. The van der Waals surface area contributed by atoms with Crippen molar-refractivity contribution in [2.45, 2.75) is 53.1 Å². The zero-order valence-corrected chi connectivity index (χ0v) is 15.5. The fourth-order valence-electron chi connectivity index (χ4n) is 1.65. The molecule has 0 aromatic carbocycles. The van der Waals surface area contributed by atoms with Gasteiger partial charge in [-0.3, -0.25) is 9.36 Å². The van der Waals surface area contributed by atoms with Gasteiger partial charge in [0.1, 0.15) is 5.60 Å². The van der Waals surface area contributed by atoms with Gasteiger partial charge in [0.25, 0.3) is 0 Å². The Morgan fingerprint density at radius 3 is 2.36 bits per heavy atom. The van der Waals surface area contributed by atoms with Crippen LogP contribution in [0.5, 0.6) is 0 Å². The minimum Gasteiger partial charge on any atom is -0.460 e. The van der Waals surface area contributed by atoms with Crippen molar-refractivity contribution in [1.29, 1.82) is 0 Å². The Labute approximate surface area is 135 Å². The lowest BCUT2D eigenvalue weighted by Gasteiger charge is -2.19. The van der Waals surface area contributed by atoms with Gasteiger partial charge in [0.2, 0.25) is 4.75 Å². The van der Waals surface area contributed by atoms with Crippen molar-refractivity contribution in [3.05, 3.63) is 11.1 Å². The normalized spacial score (nSPS) is 12.4. The number of aromatic nitrogens is 1. The van der Waals surface area contributed by atoms with E-state index < -0.39 is 13.2 Å². The fraction of sp³-hybridized carbons (Fsp3) is 0.714. The first-order valence-corrected chi connectivity index (χ1v) is 9.68. The van der Waals surface area contributed by atoms with Crippen LogP contribution in [-0.4, -0.2) is 29.8 Å². The van der Waals surface area contributed by atoms with Crippen molar-refractivity contribution in [3.63, 3.8) is 0 Å². The lowest BCUT2D eigenvalue weighted by atomic mass is 10.2. The van der Waals surface area contributed by atoms with Crippen molar-refractivity contribution < 1.29 is 23.1 Å². The van der Waals surface area contributed by atoms with E-state index in [0.717, 1.165) is 0 Å². The van der Waals surface area contributed by atoms with E-state index in [2.05, 4.69) is 4.98 Å². The lowest BCUT2D eigenvalue weighted by molar-refractivity contribution is -0.154. The summed E-state index contributed by atoms with van der Waals surface area (Å²) in [5.74, 6) is -0.278. The molecule has 126 valence electrons. The summed E-state index contributed by atoms with van der Waals surface area (Å²) in [6.45, 7) is 9.55. The zero-order chi connectivity index (χ0) is 16.8. The Bertz CT molecular complexity index is 528. The maximum atomic E-state index is 12.6. The third-order valence-electron chi connectivity index (χ3n) is 2.38. The summed E-state index contributed by atoms with van der Waals surface area (Å²) < 4.78 is 28.6. The van der Waals surface area contributed by atoms with E-state index in [1.54, 1.807) is 19.2 Å². The van der Waals surface area contributed by atoms with Gasteiger partial charge in [0, 0.05) is 11.8 Å². The molecule has 22 heavy (non-hydrogen) atoms. The van der Waals surface area contributed by atoms with E-state index in [1.807, 2.05) is 20.8 Å². The molecule has 0 atom stereocenters. The molecule has 1 aromatic rings. The highest BCUT2D eigenvalue weighted by Crippen LogP contribution is 2.47. The molecular formula is C14H24NO5PS. The van der Waals surface area contributed by atoms with Crippen LogP contribution < -0.4 is 4.75 Å². The van der Waals surface area contributed by atoms with Crippen LogP contribution in [-0.2, 0) is 29.6 Å². The average Bonchev–Trinajstić information content (AvgIpc) is 2.84. The van der Waals surface area contributed by atoms with E-state index in [1.165, 1.54) is 11.3 Å². The molecule has 0 saturated heterocycles. The molecule has 0 fully saturated rings. The molecule has 0 aliphatic carbocycles. The van der Waals surface area contributed by atoms with Crippen molar-refractivity contribution >= 4 is 29.7 Å². The Kier molecular flexibility index (Phi) is 7.19. The first kappa shape index (κ1) is 19.3. The molecule has 8 heteroatoms. The predicted octanol–water partition coefficient (Wildman–Crippen LogP) is 3.31. The van der Waals surface area contributed by atoms with Gasteiger partial charge in [-0.25, -0.2) is 4.98 Å². The van der Waals surface area contributed by atoms with Gasteiger partial charge in [0.05, 0.1) is 25.3 Å². The highest BCUT2D eigenvalue weighted by Gasteiger charge is 2.30. The second kappa shape index (κ2) is 8.20. The maximum absolute atomic E-state index is 12.6. The van der Waals surface area contributed by atoms with Gasteiger partial charge in [-0.05, 0) is 34.6 Å². The molecule has 0 radical (unpaired) electrons. The summed E-state index contributed by atoms with van der Waals surface area (Å²) in [7, 11) is -3.34. The second-order valence-corrected chi connectivity index (χ2v) is 8.64. The molecule has 0 bridgehead atoms. The summed E-state index contributed by atoms with van der Waals surface area (Å²) in [6, 6.07) is 0. The number of hydrogen-bond acceptors (Lipinski definition) is 7. The fourth-order valence-corrected chi connectivity index (χ4v) is 4.45. The van der Waals surface area contributed by atoms with Crippen LogP contribution in [0.1, 0.15) is 46.7 Å². The van der Waals surface area contributed by atoms with Crippen molar-refractivity contribution in [3.8, 4) is 0 Å². The van der Waals surface area contributed by atoms with Gasteiger partial charge < -0.3 is 13.8 Å². The van der Waals surface area contributed by atoms with Crippen LogP contribution in [0.15, 0.2) is 5.38 Å². The van der Waals surface area contributed by atoms with E-state index in [4.69, 9.17) is 13.8 Å². The maximum Gasteiger partial charge on any atom is 0.389 e. The number of hydrogen-bond donors (Lipinski definition) is 0. The van der Waals surface area contributed by atoms with Crippen LogP contribution in [0, 0.1) is 0 Å². The summed E-state index contributed by atoms with van der Waals surface area (Å²) in [5, 5.41) is 1.77. The number of aryl methyl sites for hydroxylation is 1. The quantitative estimate of drug-likeness (QED) is 0.529. The number of thiazole rings is 1. The standard InChI is InChI=1S/C14H24NO5PS/c1-6-18-21(17,19-7-2)13-15-11(10-22-13)8-9-12(16)20-14(3,4)5/h10H,6-9H2,1-5H3. The van der Waals surface area contributed by atoms with Gasteiger partial charge in [-0.2, -0.15) is 0 Å². The van der Waals surface area contributed by atoms with Crippen molar-refractivity contribution in [2.75, 3.05) is 13.2 Å². The third kappa shape index (κ3) is 6.16. The lowest BCUT2D eigenvalue weighted by Crippen LogP contribution is -2.24. The zero-order valence-electron chi connectivity index (χ0n) is 13.7. The molecule has 1 heterocycles. The molecule has 0 aliphatic heterocycles. The minimum absolute atomic E-state index is 0.230. The molecule has 0 amide bonds. The molecule has 0 spiro atoms. The summed E-state index contributed by atoms with van der Waals surface area (Å²) in [4.78, 5) is 16.0. The van der Waals surface area contributed by atoms with Crippen LogP contribution in [0.25, 0.3) is 0 Å². The first-order valence-electron chi connectivity index (χ1n) is 7.26. The molecule has 1 aromatic heterocycles. The highest BCUT2D eigenvalue weighted by atomic mass is 32.1. The Morgan fingerprint density at radius 2 is 1.86 bits per heavy atom. The number of carbonyl (C=O) groups is 1. The topological polar surface area (TPSA) is 74.7 Å². The van der Waals surface area contributed by atoms with E-state index >= 15 is 0 Å². The summed E-state index contributed by atoms with van der Waals surface area (Å²) in [6.07, 6.45) is 0.664. The van der Waals surface area contributed by atoms with Crippen LogP contribution in [0.4, 0.5) is 0 Å². The van der Waals surface area contributed by atoms with Crippen LogP contribution >= 0.6 is 18.9 Å². The minimum atomic E-state index is -3.34. The molecule has 0 N–H and O–H groups in total.